The first-order valence-corrected chi connectivity index (χ1v) is 11.5. The van der Waals surface area contributed by atoms with Crippen LogP contribution < -0.4 is 10.6 Å². The van der Waals surface area contributed by atoms with Gasteiger partial charge in [0.1, 0.15) is 5.82 Å². The molecule has 2 heterocycles. The molecule has 0 atom stereocenters. The van der Waals surface area contributed by atoms with E-state index in [2.05, 4.69) is 10.6 Å². The Morgan fingerprint density at radius 2 is 1.44 bits per heavy atom. The molecule has 0 aromatic heterocycles. The molecule has 2 aliphatic heterocycles. The van der Waals surface area contributed by atoms with Gasteiger partial charge < -0.3 is 20.3 Å². The molecule has 3 amide bonds. The highest BCUT2D eigenvalue weighted by Gasteiger charge is 2.28. The zero-order valence-corrected chi connectivity index (χ0v) is 19.0. The van der Waals surface area contributed by atoms with Crippen LogP contribution in [0.25, 0.3) is 0 Å². The van der Waals surface area contributed by atoms with Crippen molar-refractivity contribution >= 4 is 29.1 Å². The van der Waals surface area contributed by atoms with E-state index >= 15 is 0 Å². The molecule has 0 spiro atoms. The number of likely N-dealkylation sites (tertiary alicyclic amines) is 1. The molecule has 0 bridgehead atoms. The van der Waals surface area contributed by atoms with Crippen LogP contribution in [0.2, 0.25) is 0 Å². The normalized spacial score (nSPS) is 17.3. The molecule has 2 N–H and O–H groups in total. The number of nitrogens with zero attached hydrogens (tertiary/aromatic N) is 2. The zero-order valence-electron chi connectivity index (χ0n) is 19.0. The van der Waals surface area contributed by atoms with Crippen LogP contribution in [0.3, 0.4) is 0 Å². The van der Waals surface area contributed by atoms with Crippen LogP contribution in [-0.4, -0.2) is 73.5 Å². The number of ether oxygens (including phenoxy) is 1. The highest BCUT2D eigenvalue weighted by Crippen LogP contribution is 2.22. The summed E-state index contributed by atoms with van der Waals surface area (Å²) < 4.78 is 18.4. The second kappa shape index (κ2) is 11.2. The number of hydrogen-bond donors (Lipinski definition) is 2. The van der Waals surface area contributed by atoms with Crippen LogP contribution in [-0.2, 0) is 14.3 Å². The topological polar surface area (TPSA) is 91.0 Å². The molecule has 2 aliphatic rings. The van der Waals surface area contributed by atoms with Gasteiger partial charge in [-0.05, 0) is 61.4 Å². The molecule has 8 nitrogen and oxygen atoms in total. The van der Waals surface area contributed by atoms with Gasteiger partial charge in [-0.25, -0.2) is 4.39 Å². The quantitative estimate of drug-likeness (QED) is 0.680. The lowest BCUT2D eigenvalue weighted by Crippen LogP contribution is -2.41. The second-order valence-corrected chi connectivity index (χ2v) is 8.58. The Balaban J connectivity index is 1.22. The Morgan fingerprint density at radius 1 is 0.853 bits per heavy atom. The smallest absolute Gasteiger partial charge is 0.253 e. The number of nitrogens with one attached hydrogen (secondary N) is 2. The number of halogens is 1. The maximum Gasteiger partial charge on any atom is 0.253 e. The lowest BCUT2D eigenvalue weighted by molar-refractivity contribution is -0.121. The fourth-order valence-corrected chi connectivity index (χ4v) is 4.16. The van der Waals surface area contributed by atoms with Crippen LogP contribution >= 0.6 is 0 Å². The molecule has 2 fully saturated rings. The summed E-state index contributed by atoms with van der Waals surface area (Å²) >= 11 is 0. The number of benzene rings is 2. The largest absolute Gasteiger partial charge is 0.379 e. The number of carbonyl (C=O) groups is 3. The Kier molecular flexibility index (Phi) is 7.87. The fourth-order valence-electron chi connectivity index (χ4n) is 4.16. The van der Waals surface area contributed by atoms with Gasteiger partial charge in [-0.15, -0.1) is 0 Å². The van der Waals surface area contributed by atoms with Gasteiger partial charge in [0.05, 0.1) is 19.8 Å². The third-order valence-electron chi connectivity index (χ3n) is 6.15. The predicted molar refractivity (Wildman–Crippen MR) is 126 cm³/mol. The molecule has 9 heteroatoms. The molecule has 4 rings (SSSR count). The molecular formula is C25H29FN4O4. The highest BCUT2D eigenvalue weighted by molar-refractivity contribution is 5.96. The van der Waals surface area contributed by atoms with Crippen molar-refractivity contribution < 1.29 is 23.5 Å². The van der Waals surface area contributed by atoms with Gasteiger partial charge in [-0.1, -0.05) is 0 Å². The first-order chi connectivity index (χ1) is 16.5. The molecule has 34 heavy (non-hydrogen) atoms. The number of piperidine rings is 1. The Morgan fingerprint density at radius 3 is 2.06 bits per heavy atom. The Bertz CT molecular complexity index is 999. The lowest BCUT2D eigenvalue weighted by atomic mass is 9.95. The molecular weight excluding hydrogens is 439 g/mol. The van der Waals surface area contributed by atoms with Crippen molar-refractivity contribution in [3.8, 4) is 0 Å². The fraction of sp³-hybridized carbons (Fsp3) is 0.400. The van der Waals surface area contributed by atoms with Crippen molar-refractivity contribution in [3.63, 3.8) is 0 Å². The first-order valence-electron chi connectivity index (χ1n) is 11.5. The molecule has 2 aromatic rings. The van der Waals surface area contributed by atoms with E-state index < -0.39 is 0 Å². The van der Waals surface area contributed by atoms with Gasteiger partial charge >= 0.3 is 0 Å². The van der Waals surface area contributed by atoms with Crippen LogP contribution in [0.5, 0.6) is 0 Å². The van der Waals surface area contributed by atoms with E-state index in [1.807, 2.05) is 4.90 Å². The van der Waals surface area contributed by atoms with Crippen LogP contribution in [0, 0.1) is 11.7 Å². The van der Waals surface area contributed by atoms with Gasteiger partial charge in [0.15, 0.2) is 0 Å². The molecule has 0 aliphatic carbocycles. The van der Waals surface area contributed by atoms with Crippen LogP contribution in [0.1, 0.15) is 23.2 Å². The van der Waals surface area contributed by atoms with Crippen molar-refractivity contribution in [1.29, 1.82) is 0 Å². The van der Waals surface area contributed by atoms with Gasteiger partial charge in [0.25, 0.3) is 5.91 Å². The number of morpholine rings is 1. The summed E-state index contributed by atoms with van der Waals surface area (Å²) in [6.45, 7) is 4.06. The number of anilines is 2. The van der Waals surface area contributed by atoms with Crippen molar-refractivity contribution in [1.82, 2.24) is 9.80 Å². The maximum atomic E-state index is 13.1. The molecule has 0 saturated carbocycles. The monoisotopic (exact) mass is 468 g/mol. The maximum absolute atomic E-state index is 13.1. The average molecular weight is 469 g/mol. The first kappa shape index (κ1) is 23.8. The number of rotatable bonds is 6. The second-order valence-electron chi connectivity index (χ2n) is 8.58. The minimum absolute atomic E-state index is 0.0828. The number of amides is 3. The lowest BCUT2D eigenvalue weighted by Gasteiger charge is -2.31. The van der Waals surface area contributed by atoms with E-state index in [0.29, 0.717) is 62.6 Å². The van der Waals surface area contributed by atoms with Crippen molar-refractivity contribution in [2.75, 3.05) is 56.6 Å². The standard InChI is InChI=1S/C25H29FN4O4/c26-20-3-1-19(2-4-20)25(33)30-11-9-18(10-12-30)24(32)28-22-7-5-21(6-8-22)27-23(31)17-29-13-15-34-16-14-29/h1-8,18H,9-17H2,(H,27,31)(H,28,32). The summed E-state index contributed by atoms with van der Waals surface area (Å²) in [5.41, 5.74) is 1.77. The molecule has 0 radical (unpaired) electrons. The van der Waals surface area contributed by atoms with E-state index in [9.17, 15) is 18.8 Å². The minimum atomic E-state index is -0.379. The molecule has 180 valence electrons. The summed E-state index contributed by atoms with van der Waals surface area (Å²) in [7, 11) is 0. The third-order valence-corrected chi connectivity index (χ3v) is 6.15. The van der Waals surface area contributed by atoms with E-state index in [1.54, 1.807) is 29.2 Å². The SMILES string of the molecule is O=C(CN1CCOCC1)Nc1ccc(NC(=O)C2CCN(C(=O)c3ccc(F)cc3)CC2)cc1. The third kappa shape index (κ3) is 6.39. The van der Waals surface area contributed by atoms with Gasteiger partial charge in [0, 0.05) is 49.0 Å². The summed E-state index contributed by atoms with van der Waals surface area (Å²) in [4.78, 5) is 41.2. The molecule has 2 saturated heterocycles. The Hall–Kier alpha value is -3.30. The highest BCUT2D eigenvalue weighted by atomic mass is 19.1. The number of hydrogen-bond acceptors (Lipinski definition) is 5. The average Bonchev–Trinajstić information content (AvgIpc) is 2.86. The van der Waals surface area contributed by atoms with E-state index in [4.69, 9.17) is 4.74 Å². The zero-order chi connectivity index (χ0) is 23.9. The van der Waals surface area contributed by atoms with Crippen molar-refractivity contribution in [3.05, 3.63) is 59.9 Å². The van der Waals surface area contributed by atoms with Crippen LogP contribution in [0.15, 0.2) is 48.5 Å². The summed E-state index contributed by atoms with van der Waals surface area (Å²) in [6.07, 6.45) is 1.13. The number of carbonyl (C=O) groups excluding carboxylic acids is 3. The predicted octanol–water partition coefficient (Wildman–Crippen LogP) is 2.59. The summed E-state index contributed by atoms with van der Waals surface area (Å²) in [5, 5.41) is 5.79. The van der Waals surface area contributed by atoms with Crippen LogP contribution in [0.4, 0.5) is 15.8 Å². The minimum Gasteiger partial charge on any atom is -0.379 e. The van der Waals surface area contributed by atoms with Gasteiger partial charge in [0.2, 0.25) is 11.8 Å². The van der Waals surface area contributed by atoms with E-state index in [0.717, 1.165) is 13.1 Å². The molecule has 2 aromatic carbocycles. The van der Waals surface area contributed by atoms with E-state index in [-0.39, 0.29) is 29.5 Å². The van der Waals surface area contributed by atoms with Gasteiger partial charge in [-0.2, -0.15) is 0 Å². The summed E-state index contributed by atoms with van der Waals surface area (Å²) in [6, 6.07) is 12.5. The Labute approximate surface area is 198 Å². The van der Waals surface area contributed by atoms with Crippen molar-refractivity contribution in [2.24, 2.45) is 5.92 Å². The molecule has 0 unspecified atom stereocenters. The van der Waals surface area contributed by atoms with Crippen molar-refractivity contribution in [2.45, 2.75) is 12.8 Å². The van der Waals surface area contributed by atoms with E-state index in [1.165, 1.54) is 24.3 Å². The van der Waals surface area contributed by atoms with Gasteiger partial charge in [-0.3, -0.25) is 19.3 Å². The summed E-state index contributed by atoms with van der Waals surface area (Å²) in [5.74, 6) is -0.885.